The number of carbonyl (C=O) groups excluding carboxylic acids is 1. The lowest BCUT2D eigenvalue weighted by atomic mass is 10.1. The van der Waals surface area contributed by atoms with Crippen LogP contribution in [-0.4, -0.2) is 63.8 Å². The van der Waals surface area contributed by atoms with Crippen molar-refractivity contribution in [1.82, 2.24) is 14.5 Å². The molecule has 1 aliphatic heterocycles. The van der Waals surface area contributed by atoms with Crippen LogP contribution in [0.4, 0.5) is 0 Å². The highest BCUT2D eigenvalue weighted by molar-refractivity contribution is 7.89. The van der Waals surface area contributed by atoms with Gasteiger partial charge in [-0.1, -0.05) is 18.6 Å². The van der Waals surface area contributed by atoms with Crippen molar-refractivity contribution >= 4 is 28.3 Å². The zero-order chi connectivity index (χ0) is 18.3. The number of nitrogens with zero attached hydrogens (tertiary/aromatic N) is 2. The molecule has 26 heavy (non-hydrogen) atoms. The van der Waals surface area contributed by atoms with Crippen LogP contribution < -0.4 is 5.32 Å². The lowest BCUT2D eigenvalue weighted by molar-refractivity contribution is -0.129. The zero-order valence-corrected chi connectivity index (χ0v) is 17.2. The summed E-state index contributed by atoms with van der Waals surface area (Å²) in [6.07, 6.45) is 4.01. The predicted molar refractivity (Wildman–Crippen MR) is 106 cm³/mol. The van der Waals surface area contributed by atoms with Crippen LogP contribution in [-0.2, 0) is 21.2 Å². The number of benzene rings is 1. The van der Waals surface area contributed by atoms with Gasteiger partial charge in [0.05, 0.1) is 4.90 Å². The van der Waals surface area contributed by atoms with Crippen LogP contribution in [0.2, 0.25) is 0 Å². The number of rotatable bonds is 8. The number of halogens is 1. The summed E-state index contributed by atoms with van der Waals surface area (Å²) < 4.78 is 26.8. The summed E-state index contributed by atoms with van der Waals surface area (Å²) >= 11 is 0. The van der Waals surface area contributed by atoms with Crippen molar-refractivity contribution < 1.29 is 13.2 Å². The molecule has 148 valence electrons. The van der Waals surface area contributed by atoms with E-state index in [2.05, 4.69) is 5.32 Å². The molecule has 1 saturated heterocycles. The molecule has 0 spiro atoms. The summed E-state index contributed by atoms with van der Waals surface area (Å²) in [6.45, 7) is 2.67. The Morgan fingerprint density at radius 1 is 1.15 bits per heavy atom. The van der Waals surface area contributed by atoms with Gasteiger partial charge in [0, 0.05) is 39.6 Å². The van der Waals surface area contributed by atoms with Crippen LogP contribution in [0, 0.1) is 0 Å². The zero-order valence-electron chi connectivity index (χ0n) is 15.6. The van der Waals surface area contributed by atoms with Gasteiger partial charge in [0.1, 0.15) is 0 Å². The summed E-state index contributed by atoms with van der Waals surface area (Å²) in [5.41, 5.74) is 0.980. The SMILES string of the molecule is CNCCN(C)C(=O)CCc1ccc(S(=O)(=O)N2CCCCC2)cc1.Cl. The number of piperidine rings is 1. The van der Waals surface area contributed by atoms with E-state index in [1.54, 1.807) is 28.4 Å². The normalized spacial score (nSPS) is 15.3. The maximum absolute atomic E-state index is 12.6. The molecule has 1 aromatic rings. The number of sulfonamides is 1. The van der Waals surface area contributed by atoms with Gasteiger partial charge in [-0.15, -0.1) is 12.4 Å². The first-order valence-corrected chi connectivity index (χ1v) is 10.4. The summed E-state index contributed by atoms with van der Waals surface area (Å²) in [5.74, 6) is 0.0975. The number of amides is 1. The van der Waals surface area contributed by atoms with E-state index in [-0.39, 0.29) is 18.3 Å². The molecule has 6 nitrogen and oxygen atoms in total. The Labute approximate surface area is 163 Å². The van der Waals surface area contributed by atoms with Crippen LogP contribution in [0.5, 0.6) is 0 Å². The Hall–Kier alpha value is -1.15. The number of aryl methyl sites for hydroxylation is 1. The molecule has 1 aliphatic rings. The minimum absolute atomic E-state index is 0. The molecule has 2 rings (SSSR count). The molecule has 0 unspecified atom stereocenters. The number of carbonyl (C=O) groups is 1. The van der Waals surface area contributed by atoms with Crippen LogP contribution in [0.15, 0.2) is 29.2 Å². The Bertz CT molecular complexity index is 659. The molecule has 1 amide bonds. The topological polar surface area (TPSA) is 69.7 Å². The molecule has 0 atom stereocenters. The Morgan fingerprint density at radius 3 is 2.35 bits per heavy atom. The average Bonchev–Trinajstić information content (AvgIpc) is 2.65. The van der Waals surface area contributed by atoms with Crippen molar-refractivity contribution in [1.29, 1.82) is 0 Å². The van der Waals surface area contributed by atoms with E-state index >= 15 is 0 Å². The highest BCUT2D eigenvalue weighted by Crippen LogP contribution is 2.21. The van der Waals surface area contributed by atoms with E-state index in [0.717, 1.165) is 31.4 Å². The maximum Gasteiger partial charge on any atom is 0.243 e. The van der Waals surface area contributed by atoms with Gasteiger partial charge in [-0.2, -0.15) is 4.31 Å². The minimum atomic E-state index is -3.38. The summed E-state index contributed by atoms with van der Waals surface area (Å²) in [5, 5.41) is 3.02. The Morgan fingerprint density at radius 2 is 1.77 bits per heavy atom. The van der Waals surface area contributed by atoms with Crippen molar-refractivity contribution in [2.24, 2.45) is 0 Å². The first-order valence-electron chi connectivity index (χ1n) is 8.93. The number of hydrogen-bond acceptors (Lipinski definition) is 4. The molecule has 0 aliphatic carbocycles. The molecule has 1 N–H and O–H groups in total. The highest BCUT2D eigenvalue weighted by Gasteiger charge is 2.25. The number of hydrogen-bond donors (Lipinski definition) is 1. The lowest BCUT2D eigenvalue weighted by Gasteiger charge is -2.25. The average molecular weight is 404 g/mol. The fourth-order valence-corrected chi connectivity index (χ4v) is 4.45. The fourth-order valence-electron chi connectivity index (χ4n) is 2.93. The summed E-state index contributed by atoms with van der Waals surface area (Å²) in [7, 11) is 0.276. The van der Waals surface area contributed by atoms with Crippen LogP contribution in [0.25, 0.3) is 0 Å². The van der Waals surface area contributed by atoms with Gasteiger partial charge in [0.25, 0.3) is 0 Å². The molecule has 0 aromatic heterocycles. The van der Waals surface area contributed by atoms with Crippen molar-refractivity contribution in [3.05, 3.63) is 29.8 Å². The molecule has 0 radical (unpaired) electrons. The maximum atomic E-state index is 12.6. The third kappa shape index (κ3) is 6.23. The van der Waals surface area contributed by atoms with Gasteiger partial charge in [0.15, 0.2) is 0 Å². The molecular weight excluding hydrogens is 374 g/mol. The molecule has 1 fully saturated rings. The van der Waals surface area contributed by atoms with Gasteiger partial charge >= 0.3 is 0 Å². The molecule has 1 aromatic carbocycles. The van der Waals surface area contributed by atoms with E-state index in [9.17, 15) is 13.2 Å². The Balaban J connectivity index is 0.00000338. The standard InChI is InChI=1S/C18H29N3O3S.ClH/c1-19-12-15-20(2)18(22)11-8-16-6-9-17(10-7-16)25(23,24)21-13-4-3-5-14-21;/h6-7,9-10,19H,3-5,8,11-15H2,1-2H3;1H. The van der Waals surface area contributed by atoms with Crippen molar-refractivity contribution in [3.63, 3.8) is 0 Å². The molecule has 0 bridgehead atoms. The Kier molecular flexibility index (Phi) is 9.57. The monoisotopic (exact) mass is 403 g/mol. The van der Waals surface area contributed by atoms with Crippen LogP contribution >= 0.6 is 12.4 Å². The molecule has 0 saturated carbocycles. The minimum Gasteiger partial charge on any atom is -0.344 e. The van der Waals surface area contributed by atoms with Gasteiger partial charge in [-0.05, 0) is 44.0 Å². The first kappa shape index (κ1) is 22.9. The van der Waals surface area contributed by atoms with Crippen molar-refractivity contribution in [3.8, 4) is 0 Å². The molecular formula is C18H30ClN3O3S. The third-order valence-electron chi connectivity index (χ3n) is 4.63. The first-order chi connectivity index (χ1) is 11.9. The second-order valence-corrected chi connectivity index (χ2v) is 8.47. The molecule has 8 heteroatoms. The van der Waals surface area contributed by atoms with Crippen molar-refractivity contribution in [2.75, 3.05) is 40.3 Å². The van der Waals surface area contributed by atoms with Crippen LogP contribution in [0.1, 0.15) is 31.2 Å². The van der Waals surface area contributed by atoms with Crippen LogP contribution in [0.3, 0.4) is 0 Å². The van der Waals surface area contributed by atoms with E-state index in [1.807, 2.05) is 19.2 Å². The third-order valence-corrected chi connectivity index (χ3v) is 6.54. The molecule has 1 heterocycles. The van der Waals surface area contributed by atoms with E-state index < -0.39 is 10.0 Å². The fraction of sp³-hybridized carbons (Fsp3) is 0.611. The summed E-state index contributed by atoms with van der Waals surface area (Å²) in [6, 6.07) is 6.96. The van der Waals surface area contributed by atoms with Gasteiger partial charge in [-0.3, -0.25) is 4.79 Å². The van der Waals surface area contributed by atoms with Gasteiger partial charge < -0.3 is 10.2 Å². The number of likely N-dealkylation sites (N-methyl/N-ethyl adjacent to an activating group) is 2. The quantitative estimate of drug-likeness (QED) is 0.719. The van der Waals surface area contributed by atoms with Gasteiger partial charge in [-0.25, -0.2) is 8.42 Å². The van der Waals surface area contributed by atoms with E-state index in [0.29, 0.717) is 37.4 Å². The van der Waals surface area contributed by atoms with E-state index in [4.69, 9.17) is 0 Å². The smallest absolute Gasteiger partial charge is 0.243 e. The predicted octanol–water partition coefficient (Wildman–Crippen LogP) is 1.89. The summed E-state index contributed by atoms with van der Waals surface area (Å²) in [4.78, 5) is 14.1. The number of nitrogens with one attached hydrogen (secondary N) is 1. The van der Waals surface area contributed by atoms with Gasteiger partial charge in [0.2, 0.25) is 15.9 Å². The highest BCUT2D eigenvalue weighted by atomic mass is 35.5. The second kappa shape index (κ2) is 10.9. The second-order valence-electron chi connectivity index (χ2n) is 6.53. The largest absolute Gasteiger partial charge is 0.344 e. The van der Waals surface area contributed by atoms with Crippen molar-refractivity contribution in [2.45, 2.75) is 37.0 Å². The lowest BCUT2D eigenvalue weighted by Crippen LogP contribution is -2.35. The van der Waals surface area contributed by atoms with E-state index in [1.165, 1.54) is 0 Å².